The lowest BCUT2D eigenvalue weighted by molar-refractivity contribution is -0.173. The maximum absolute atomic E-state index is 11.8. The molecular weight excluding hydrogens is 200 g/mol. The number of hydrogen-bond acceptors (Lipinski definition) is 2. The van der Waals surface area contributed by atoms with Crippen LogP contribution in [0.5, 0.6) is 0 Å². The fourth-order valence-electron chi connectivity index (χ4n) is 4.31. The molecule has 1 aliphatic heterocycles. The summed E-state index contributed by atoms with van der Waals surface area (Å²) >= 11 is 0. The average molecular weight is 222 g/mol. The molecular formula is C14H22O2. The van der Waals surface area contributed by atoms with Gasteiger partial charge in [-0.2, -0.15) is 0 Å². The molecule has 1 saturated heterocycles. The quantitative estimate of drug-likeness (QED) is 0.629. The number of rotatable bonds is 0. The smallest absolute Gasteiger partial charge is 0.135 e. The molecule has 90 valence electrons. The van der Waals surface area contributed by atoms with Crippen molar-refractivity contribution in [3.8, 4) is 0 Å². The SMILES string of the molecule is CC1(C)OC23CC(=O)CCC2(C)CCC1C3. The topological polar surface area (TPSA) is 26.3 Å². The highest BCUT2D eigenvalue weighted by Crippen LogP contribution is 2.63. The van der Waals surface area contributed by atoms with Crippen molar-refractivity contribution < 1.29 is 9.53 Å². The highest BCUT2D eigenvalue weighted by Gasteiger charge is 2.64. The van der Waals surface area contributed by atoms with Crippen LogP contribution in [-0.2, 0) is 9.53 Å². The van der Waals surface area contributed by atoms with E-state index in [1.54, 1.807) is 0 Å². The van der Waals surface area contributed by atoms with Crippen LogP contribution in [0.15, 0.2) is 0 Å². The first kappa shape index (κ1) is 10.8. The van der Waals surface area contributed by atoms with Gasteiger partial charge in [-0.3, -0.25) is 4.79 Å². The molecule has 0 N–H and O–H groups in total. The first-order valence-electron chi connectivity index (χ1n) is 6.59. The van der Waals surface area contributed by atoms with Gasteiger partial charge in [0.25, 0.3) is 0 Å². The summed E-state index contributed by atoms with van der Waals surface area (Å²) in [6.45, 7) is 6.76. The summed E-state index contributed by atoms with van der Waals surface area (Å²) in [5.41, 5.74) is 0.120. The van der Waals surface area contributed by atoms with Crippen molar-refractivity contribution in [2.75, 3.05) is 0 Å². The fourth-order valence-corrected chi connectivity index (χ4v) is 4.31. The predicted molar refractivity (Wildman–Crippen MR) is 62.2 cm³/mol. The van der Waals surface area contributed by atoms with E-state index in [9.17, 15) is 4.79 Å². The fraction of sp³-hybridized carbons (Fsp3) is 0.929. The monoisotopic (exact) mass is 222 g/mol. The van der Waals surface area contributed by atoms with Crippen molar-refractivity contribution in [2.45, 2.75) is 70.5 Å². The zero-order valence-corrected chi connectivity index (χ0v) is 10.6. The van der Waals surface area contributed by atoms with Crippen molar-refractivity contribution in [1.29, 1.82) is 0 Å². The number of ether oxygens (including phenoxy) is 1. The Morgan fingerprint density at radius 1 is 1.25 bits per heavy atom. The van der Waals surface area contributed by atoms with Gasteiger partial charge in [0.2, 0.25) is 0 Å². The summed E-state index contributed by atoms with van der Waals surface area (Å²) in [5.74, 6) is 1.07. The zero-order chi connectivity index (χ0) is 11.6. The third-order valence-electron chi connectivity index (χ3n) is 5.60. The van der Waals surface area contributed by atoms with Gasteiger partial charge in [0, 0.05) is 12.8 Å². The molecule has 1 spiro atoms. The second kappa shape index (κ2) is 2.90. The Hall–Kier alpha value is -0.370. The van der Waals surface area contributed by atoms with Crippen molar-refractivity contribution in [3.63, 3.8) is 0 Å². The number of fused-ring (bicyclic) bond motifs is 1. The van der Waals surface area contributed by atoms with Crippen LogP contribution >= 0.6 is 0 Å². The molecule has 3 aliphatic rings. The van der Waals surface area contributed by atoms with Gasteiger partial charge in [-0.1, -0.05) is 6.92 Å². The molecule has 3 fully saturated rings. The minimum Gasteiger partial charge on any atom is -0.368 e. The van der Waals surface area contributed by atoms with Gasteiger partial charge in [-0.25, -0.2) is 0 Å². The van der Waals surface area contributed by atoms with E-state index in [2.05, 4.69) is 20.8 Å². The van der Waals surface area contributed by atoms with E-state index >= 15 is 0 Å². The maximum atomic E-state index is 11.8. The number of hydrogen-bond donors (Lipinski definition) is 0. The van der Waals surface area contributed by atoms with E-state index in [0.29, 0.717) is 18.1 Å². The minimum atomic E-state index is -0.116. The molecule has 2 heteroatoms. The first-order chi connectivity index (χ1) is 7.37. The van der Waals surface area contributed by atoms with E-state index in [0.717, 1.165) is 19.3 Å². The molecule has 1 heterocycles. The summed E-state index contributed by atoms with van der Waals surface area (Å²) in [5, 5.41) is 0. The average Bonchev–Trinajstić information content (AvgIpc) is 2.39. The molecule has 0 amide bonds. The molecule has 0 radical (unpaired) electrons. The van der Waals surface area contributed by atoms with Crippen molar-refractivity contribution >= 4 is 5.78 Å². The lowest BCUT2D eigenvalue weighted by Gasteiger charge is -2.51. The molecule has 3 rings (SSSR count). The number of carbonyl (C=O) groups excluding carboxylic acids is 1. The molecule has 2 saturated carbocycles. The number of carbonyl (C=O) groups is 1. The largest absolute Gasteiger partial charge is 0.368 e. The maximum Gasteiger partial charge on any atom is 0.135 e. The van der Waals surface area contributed by atoms with E-state index in [1.165, 1.54) is 12.8 Å². The lowest BCUT2D eigenvalue weighted by Crippen LogP contribution is -2.52. The van der Waals surface area contributed by atoms with Crippen LogP contribution in [0.1, 0.15) is 59.3 Å². The van der Waals surface area contributed by atoms with E-state index in [4.69, 9.17) is 4.74 Å². The number of Topliss-reactive ketones (excluding diaryl/α,β-unsaturated/α-hetero) is 1. The van der Waals surface area contributed by atoms with Crippen molar-refractivity contribution in [1.82, 2.24) is 0 Å². The molecule has 2 bridgehead atoms. The third-order valence-corrected chi connectivity index (χ3v) is 5.60. The Morgan fingerprint density at radius 3 is 2.75 bits per heavy atom. The Morgan fingerprint density at radius 2 is 2.00 bits per heavy atom. The van der Waals surface area contributed by atoms with Crippen LogP contribution < -0.4 is 0 Å². The Labute approximate surface area is 97.7 Å². The molecule has 3 atom stereocenters. The highest BCUT2D eigenvalue weighted by molar-refractivity contribution is 5.81. The molecule has 0 aromatic heterocycles. The number of ketones is 1. The summed E-state index contributed by atoms with van der Waals surface area (Å²) in [6.07, 6.45) is 6.11. The Kier molecular flexibility index (Phi) is 1.95. The lowest BCUT2D eigenvalue weighted by atomic mass is 9.56. The van der Waals surface area contributed by atoms with Gasteiger partial charge in [0.1, 0.15) is 5.78 Å². The first-order valence-corrected chi connectivity index (χ1v) is 6.59. The van der Waals surface area contributed by atoms with E-state index in [-0.39, 0.29) is 16.6 Å². The van der Waals surface area contributed by atoms with Crippen LogP contribution in [0.25, 0.3) is 0 Å². The second-order valence-corrected chi connectivity index (χ2v) is 6.92. The minimum absolute atomic E-state index is 0.0185. The van der Waals surface area contributed by atoms with Gasteiger partial charge in [-0.05, 0) is 50.9 Å². The zero-order valence-electron chi connectivity index (χ0n) is 10.6. The highest BCUT2D eigenvalue weighted by atomic mass is 16.5. The second-order valence-electron chi connectivity index (χ2n) is 6.92. The third kappa shape index (κ3) is 1.20. The molecule has 2 nitrogen and oxygen atoms in total. The van der Waals surface area contributed by atoms with Crippen LogP contribution in [0, 0.1) is 11.3 Å². The van der Waals surface area contributed by atoms with Crippen molar-refractivity contribution in [2.24, 2.45) is 11.3 Å². The molecule has 0 aromatic rings. The predicted octanol–water partition coefficient (Wildman–Crippen LogP) is 3.09. The summed E-state index contributed by atoms with van der Waals surface area (Å²) in [6, 6.07) is 0. The normalized spacial score (nSPS) is 50.2. The standard InChI is InChI=1S/C14H22O2/c1-12(2)10-4-6-13(3)7-5-11(15)9-14(13,8-10)16-12/h10H,4-9H2,1-3H3. The molecule has 0 aromatic carbocycles. The van der Waals surface area contributed by atoms with Crippen LogP contribution in [0.4, 0.5) is 0 Å². The summed E-state index contributed by atoms with van der Waals surface area (Å²) in [4.78, 5) is 11.8. The molecule has 16 heavy (non-hydrogen) atoms. The van der Waals surface area contributed by atoms with Crippen LogP contribution in [0.3, 0.4) is 0 Å². The Balaban J connectivity index is 2.02. The summed E-state index contributed by atoms with van der Waals surface area (Å²) in [7, 11) is 0. The van der Waals surface area contributed by atoms with Gasteiger partial charge in [0.15, 0.2) is 0 Å². The van der Waals surface area contributed by atoms with Gasteiger partial charge >= 0.3 is 0 Å². The van der Waals surface area contributed by atoms with Gasteiger partial charge < -0.3 is 4.74 Å². The van der Waals surface area contributed by atoms with Crippen molar-refractivity contribution in [3.05, 3.63) is 0 Å². The van der Waals surface area contributed by atoms with Gasteiger partial charge in [0.05, 0.1) is 11.2 Å². The van der Waals surface area contributed by atoms with Crippen LogP contribution in [-0.4, -0.2) is 17.0 Å². The van der Waals surface area contributed by atoms with Gasteiger partial charge in [-0.15, -0.1) is 0 Å². The molecule has 3 unspecified atom stereocenters. The molecule has 2 aliphatic carbocycles. The van der Waals surface area contributed by atoms with Crippen LogP contribution in [0.2, 0.25) is 0 Å². The van der Waals surface area contributed by atoms with E-state index < -0.39 is 0 Å². The van der Waals surface area contributed by atoms with E-state index in [1.807, 2.05) is 0 Å². The summed E-state index contributed by atoms with van der Waals surface area (Å²) < 4.78 is 6.42. The Bertz CT molecular complexity index is 347.